The average Bonchev–Trinajstić information content (AvgIpc) is 3.63. The molecule has 1 aliphatic rings. The lowest BCUT2D eigenvalue weighted by atomic mass is 10.0. The fourth-order valence-electron chi connectivity index (χ4n) is 6.43. The van der Waals surface area contributed by atoms with Crippen LogP contribution in [-0.2, 0) is 6.54 Å². The number of alkyl halides is 1. The number of fused-ring (bicyclic) bond motifs is 6. The zero-order valence-electron chi connectivity index (χ0n) is 25.2. The Labute approximate surface area is 264 Å². The molecule has 4 aromatic heterocycles. The largest absolute Gasteiger partial charge is 0.455 e. The molecule has 2 N–H and O–H groups in total. The van der Waals surface area contributed by atoms with Crippen molar-refractivity contribution in [3.05, 3.63) is 95.6 Å². The molecule has 1 amide bonds. The van der Waals surface area contributed by atoms with Crippen molar-refractivity contribution in [3.8, 4) is 22.6 Å². The molecule has 236 valence electrons. The predicted octanol–water partition coefficient (Wildman–Crippen LogP) is 7.09. The number of nitrogens with zero attached hydrogens (tertiary/aromatic N) is 4. The van der Waals surface area contributed by atoms with Crippen LogP contribution in [0.25, 0.3) is 61.0 Å². The van der Waals surface area contributed by atoms with Gasteiger partial charge in [-0.15, -0.1) is 0 Å². The number of furan rings is 1. The number of hydrogen-bond acceptors (Lipinski definition) is 6. The number of amides is 1. The van der Waals surface area contributed by atoms with E-state index in [2.05, 4.69) is 10.6 Å². The molecule has 47 heavy (non-hydrogen) atoms. The van der Waals surface area contributed by atoms with Crippen molar-refractivity contribution in [2.75, 3.05) is 32.5 Å². The van der Waals surface area contributed by atoms with Crippen molar-refractivity contribution in [1.29, 1.82) is 0 Å². The first-order valence-electron chi connectivity index (χ1n) is 15.0. The highest BCUT2D eigenvalue weighted by Gasteiger charge is 2.29. The quantitative estimate of drug-likeness (QED) is 0.189. The van der Waals surface area contributed by atoms with Gasteiger partial charge in [-0.3, -0.25) is 14.1 Å². The number of carbonyl (C=O) groups excluding carboxylic acids is 1. The third-order valence-corrected chi connectivity index (χ3v) is 8.70. The smallest absolute Gasteiger partial charge is 0.255 e. The fourth-order valence-corrected chi connectivity index (χ4v) is 6.43. The number of anilines is 1. The van der Waals surface area contributed by atoms with Crippen LogP contribution >= 0.6 is 0 Å². The summed E-state index contributed by atoms with van der Waals surface area (Å²) in [5, 5.41) is 6.54. The van der Waals surface area contributed by atoms with Crippen molar-refractivity contribution in [2.24, 2.45) is 0 Å². The summed E-state index contributed by atoms with van der Waals surface area (Å²) < 4.78 is 65.2. The number of benzene rings is 3. The minimum atomic E-state index is -0.877. The molecule has 7 aromatic rings. The second-order valence-corrected chi connectivity index (χ2v) is 11.6. The number of hydrogen-bond donors (Lipinski definition) is 2. The van der Waals surface area contributed by atoms with E-state index in [1.54, 1.807) is 37.4 Å². The Balaban J connectivity index is 1.35. The molecule has 1 fully saturated rings. The van der Waals surface area contributed by atoms with Gasteiger partial charge in [-0.05, 0) is 48.5 Å². The highest BCUT2D eigenvalue weighted by atomic mass is 19.1. The Morgan fingerprint density at radius 1 is 0.915 bits per heavy atom. The lowest BCUT2D eigenvalue weighted by molar-refractivity contribution is 0.0567. The zero-order chi connectivity index (χ0) is 32.6. The molecule has 8 nitrogen and oxygen atoms in total. The van der Waals surface area contributed by atoms with E-state index < -0.39 is 23.7 Å². The van der Waals surface area contributed by atoms with E-state index in [4.69, 9.17) is 14.4 Å². The number of nitrogens with one attached hydrogen (secondary N) is 2. The molecule has 8 rings (SSSR count). The van der Waals surface area contributed by atoms with Crippen LogP contribution in [0.3, 0.4) is 0 Å². The Morgan fingerprint density at radius 2 is 1.74 bits per heavy atom. The van der Waals surface area contributed by atoms with Crippen LogP contribution < -0.4 is 10.6 Å². The van der Waals surface area contributed by atoms with Gasteiger partial charge in [0, 0.05) is 61.3 Å². The molecular formula is C35H26F4N6O2. The maximum Gasteiger partial charge on any atom is 0.255 e. The summed E-state index contributed by atoms with van der Waals surface area (Å²) in [6.07, 6.45) is -0.877. The summed E-state index contributed by atoms with van der Waals surface area (Å²) in [6, 6.07) is 16.7. The first-order valence-corrected chi connectivity index (χ1v) is 15.0. The van der Waals surface area contributed by atoms with Crippen LogP contribution in [0, 0.1) is 17.5 Å². The molecular weight excluding hydrogens is 612 g/mol. The second-order valence-electron chi connectivity index (χ2n) is 11.6. The standard InChI is InChI=1S/C35H26F4N6O2/c1-40-27-13-30-22(32(35(46)41-2)34(47-30)19-7-6-17(36)10-24(19)39)11-21(27)25-8-9-26-33(43-25)29-12-20-23(38)4-3-5-28(20)45(29)31(42-26)16-44-14-18(37)15-44/h3-13,18,40H,14-16H2,1-2H3,(H,41,46). The van der Waals surface area contributed by atoms with Gasteiger partial charge in [0.05, 0.1) is 39.9 Å². The average molecular weight is 639 g/mol. The molecule has 3 aromatic carbocycles. The molecule has 12 heteroatoms. The number of rotatable bonds is 6. The summed E-state index contributed by atoms with van der Waals surface area (Å²) in [4.78, 5) is 25.0. The first-order chi connectivity index (χ1) is 22.7. The Hall–Kier alpha value is -5.49. The van der Waals surface area contributed by atoms with E-state index in [0.717, 1.165) is 12.1 Å². The van der Waals surface area contributed by atoms with Gasteiger partial charge in [-0.1, -0.05) is 6.07 Å². The van der Waals surface area contributed by atoms with Gasteiger partial charge in [0.15, 0.2) is 5.76 Å². The van der Waals surface area contributed by atoms with Gasteiger partial charge in [0.1, 0.15) is 40.5 Å². The SMILES string of the molecule is CNC(=O)c1c(-c2ccc(F)cc2F)oc2cc(NC)c(-c3ccc4nc(CN5CC(F)C5)n5c6cccc(F)c6cc5c4n3)cc12. The van der Waals surface area contributed by atoms with E-state index in [9.17, 15) is 18.0 Å². The Kier molecular flexibility index (Phi) is 6.65. The number of pyridine rings is 1. The van der Waals surface area contributed by atoms with Crippen molar-refractivity contribution in [1.82, 2.24) is 24.6 Å². The number of carbonyl (C=O) groups is 1. The third-order valence-electron chi connectivity index (χ3n) is 8.70. The van der Waals surface area contributed by atoms with Gasteiger partial charge < -0.3 is 15.1 Å². The molecule has 0 unspecified atom stereocenters. The van der Waals surface area contributed by atoms with Crippen molar-refractivity contribution in [2.45, 2.75) is 12.7 Å². The van der Waals surface area contributed by atoms with Crippen LogP contribution in [-0.4, -0.2) is 58.5 Å². The summed E-state index contributed by atoms with van der Waals surface area (Å²) >= 11 is 0. The minimum absolute atomic E-state index is 0.0378. The van der Waals surface area contributed by atoms with Gasteiger partial charge in [-0.2, -0.15) is 0 Å². The van der Waals surface area contributed by atoms with E-state index in [-0.39, 0.29) is 22.7 Å². The van der Waals surface area contributed by atoms with Crippen molar-refractivity contribution < 1.29 is 26.8 Å². The molecule has 1 aliphatic heterocycles. The molecule has 0 saturated carbocycles. The maximum absolute atomic E-state index is 15.0. The van der Waals surface area contributed by atoms with Gasteiger partial charge >= 0.3 is 0 Å². The topological polar surface area (TPSA) is 87.7 Å². The minimum Gasteiger partial charge on any atom is -0.455 e. The molecule has 1 saturated heterocycles. The third kappa shape index (κ3) is 4.58. The zero-order valence-corrected chi connectivity index (χ0v) is 25.2. The molecule has 5 heterocycles. The molecule has 0 radical (unpaired) electrons. The highest BCUT2D eigenvalue weighted by Crippen LogP contribution is 2.41. The molecule has 0 aliphatic carbocycles. The van der Waals surface area contributed by atoms with E-state index in [1.165, 1.54) is 19.2 Å². The van der Waals surface area contributed by atoms with Crippen LogP contribution in [0.2, 0.25) is 0 Å². The lowest BCUT2D eigenvalue weighted by Crippen LogP contribution is -2.47. The summed E-state index contributed by atoms with van der Waals surface area (Å²) in [6.45, 7) is 1.00. The van der Waals surface area contributed by atoms with Gasteiger partial charge in [0.25, 0.3) is 5.91 Å². The Morgan fingerprint density at radius 3 is 2.49 bits per heavy atom. The number of halogens is 4. The molecule has 0 bridgehead atoms. The van der Waals surface area contributed by atoms with E-state index in [1.807, 2.05) is 21.4 Å². The van der Waals surface area contributed by atoms with Gasteiger partial charge in [-0.25, -0.2) is 27.5 Å². The van der Waals surface area contributed by atoms with Crippen LogP contribution in [0.5, 0.6) is 0 Å². The number of likely N-dealkylation sites (tertiary alicyclic amines) is 1. The van der Waals surface area contributed by atoms with Crippen LogP contribution in [0.1, 0.15) is 16.2 Å². The van der Waals surface area contributed by atoms with E-state index >= 15 is 4.39 Å². The Bertz CT molecular complexity index is 2410. The summed E-state index contributed by atoms with van der Waals surface area (Å²) in [7, 11) is 3.18. The number of aromatic nitrogens is 3. The summed E-state index contributed by atoms with van der Waals surface area (Å²) in [5.41, 5.74) is 4.43. The molecule has 0 spiro atoms. The lowest BCUT2D eigenvalue weighted by Gasteiger charge is -2.34. The first kappa shape index (κ1) is 28.9. The van der Waals surface area contributed by atoms with Gasteiger partial charge in [0.2, 0.25) is 0 Å². The van der Waals surface area contributed by atoms with E-state index in [0.29, 0.717) is 80.8 Å². The fraction of sp³-hybridized carbons (Fsp3) is 0.171. The second kappa shape index (κ2) is 10.8. The highest BCUT2D eigenvalue weighted by molar-refractivity contribution is 6.13. The monoisotopic (exact) mass is 638 g/mol. The maximum atomic E-state index is 15.0. The summed E-state index contributed by atoms with van der Waals surface area (Å²) in [5.74, 6) is -1.92. The normalized spacial score (nSPS) is 14.0. The van der Waals surface area contributed by atoms with Crippen molar-refractivity contribution in [3.63, 3.8) is 0 Å². The van der Waals surface area contributed by atoms with Crippen LogP contribution in [0.15, 0.2) is 71.1 Å². The van der Waals surface area contributed by atoms with Crippen LogP contribution in [0.4, 0.5) is 23.2 Å². The molecule has 0 atom stereocenters. The predicted molar refractivity (Wildman–Crippen MR) is 172 cm³/mol. The van der Waals surface area contributed by atoms with Crippen molar-refractivity contribution >= 4 is 50.0 Å².